The van der Waals surface area contributed by atoms with Crippen LogP contribution < -0.4 is 3.53 Å². The number of halogens is 1. The molecule has 0 saturated carbocycles. The highest BCUT2D eigenvalue weighted by Gasteiger charge is 2.13. The topological polar surface area (TPSA) is 24.9 Å². The lowest BCUT2D eigenvalue weighted by molar-refractivity contribution is 0.589. The first-order valence-electron chi connectivity index (χ1n) is 3.87. The maximum Gasteiger partial charge on any atom is 0.134 e. The van der Waals surface area contributed by atoms with Crippen molar-refractivity contribution in [3.05, 3.63) is 23.9 Å². The van der Waals surface area contributed by atoms with Gasteiger partial charge in [0, 0.05) is 6.20 Å². The van der Waals surface area contributed by atoms with Crippen LogP contribution in [0.3, 0.4) is 0 Å². The molecule has 0 aliphatic rings. The Kier molecular flexibility index (Phi) is 2.93. The third kappa shape index (κ3) is 2.33. The maximum atomic E-state index is 4.15. The maximum absolute atomic E-state index is 4.15. The van der Waals surface area contributed by atoms with Crippen molar-refractivity contribution in [1.29, 1.82) is 0 Å². The first kappa shape index (κ1) is 9.77. The van der Waals surface area contributed by atoms with E-state index in [9.17, 15) is 0 Å². The van der Waals surface area contributed by atoms with Crippen LogP contribution in [0.5, 0.6) is 0 Å². The van der Waals surface area contributed by atoms with Gasteiger partial charge in [-0.15, -0.1) is 0 Å². The highest BCUT2D eigenvalue weighted by Crippen LogP contribution is 2.23. The zero-order valence-electron chi connectivity index (χ0n) is 7.56. The lowest BCUT2D eigenvalue weighted by atomic mass is 9.88. The normalized spacial score (nSPS) is 11.3. The van der Waals surface area contributed by atoms with Gasteiger partial charge in [-0.3, -0.25) is 0 Å². The Balaban J connectivity index is 3.02. The Morgan fingerprint density at radius 1 is 1.42 bits per heavy atom. The van der Waals surface area contributed by atoms with Gasteiger partial charge in [0.25, 0.3) is 0 Å². The van der Waals surface area contributed by atoms with Gasteiger partial charge in [-0.05, 0) is 23.1 Å². The molecule has 0 unspecified atom stereocenters. The van der Waals surface area contributed by atoms with Crippen molar-refractivity contribution in [3.8, 4) is 0 Å². The van der Waals surface area contributed by atoms with E-state index in [1.807, 2.05) is 6.20 Å². The van der Waals surface area contributed by atoms with E-state index in [0.717, 1.165) is 5.82 Å². The van der Waals surface area contributed by atoms with Crippen LogP contribution in [0.4, 0.5) is 5.82 Å². The molecule has 1 rings (SSSR count). The molecule has 12 heavy (non-hydrogen) atoms. The summed E-state index contributed by atoms with van der Waals surface area (Å²) in [5.74, 6) is 0.919. The predicted molar refractivity (Wildman–Crippen MR) is 60.6 cm³/mol. The average Bonchev–Trinajstić information content (AvgIpc) is 2.03. The van der Waals surface area contributed by atoms with Gasteiger partial charge < -0.3 is 3.53 Å². The van der Waals surface area contributed by atoms with Crippen molar-refractivity contribution in [2.24, 2.45) is 0 Å². The Labute approximate surface area is 87.3 Å². The average molecular weight is 276 g/mol. The number of nitrogens with zero attached hydrogens (tertiary/aromatic N) is 1. The quantitative estimate of drug-likeness (QED) is 0.629. The van der Waals surface area contributed by atoms with E-state index in [4.69, 9.17) is 0 Å². The molecule has 3 heteroatoms. The second-order valence-corrected chi connectivity index (χ2v) is 4.31. The van der Waals surface area contributed by atoms with E-state index in [0.29, 0.717) is 0 Å². The van der Waals surface area contributed by atoms with Crippen LogP contribution >= 0.6 is 22.9 Å². The van der Waals surface area contributed by atoms with Crippen LogP contribution in [0, 0.1) is 0 Å². The number of aromatic nitrogens is 1. The highest BCUT2D eigenvalue weighted by molar-refractivity contribution is 14.1. The van der Waals surface area contributed by atoms with Gasteiger partial charge >= 0.3 is 0 Å². The van der Waals surface area contributed by atoms with E-state index < -0.39 is 0 Å². The summed E-state index contributed by atoms with van der Waals surface area (Å²) in [6.07, 6.45) is 1.83. The Hall–Kier alpha value is -0.320. The number of pyridine rings is 1. The molecule has 66 valence electrons. The Morgan fingerprint density at radius 3 is 2.58 bits per heavy atom. The van der Waals surface area contributed by atoms with Crippen molar-refractivity contribution in [1.82, 2.24) is 4.98 Å². The van der Waals surface area contributed by atoms with Crippen LogP contribution in [0.1, 0.15) is 26.3 Å². The fourth-order valence-electron chi connectivity index (χ4n) is 0.949. The number of anilines is 1. The fourth-order valence-corrected chi connectivity index (χ4v) is 1.24. The van der Waals surface area contributed by atoms with Crippen molar-refractivity contribution >= 4 is 28.7 Å². The molecule has 0 aliphatic carbocycles. The molecule has 0 fully saturated rings. The summed E-state index contributed by atoms with van der Waals surface area (Å²) >= 11 is 2.09. The molecule has 0 aliphatic heterocycles. The van der Waals surface area contributed by atoms with Crippen molar-refractivity contribution in [2.45, 2.75) is 26.2 Å². The summed E-state index contributed by atoms with van der Waals surface area (Å²) in [5.41, 5.74) is 1.50. The van der Waals surface area contributed by atoms with E-state index in [2.05, 4.69) is 64.3 Å². The fraction of sp³-hybridized carbons (Fsp3) is 0.444. The molecule has 0 amide bonds. The molecular formula is C9H13IN2. The monoisotopic (exact) mass is 276 g/mol. The summed E-state index contributed by atoms with van der Waals surface area (Å²) in [6, 6.07) is 4.13. The van der Waals surface area contributed by atoms with Gasteiger partial charge in [-0.25, -0.2) is 4.98 Å². The third-order valence-electron chi connectivity index (χ3n) is 1.72. The van der Waals surface area contributed by atoms with E-state index in [1.54, 1.807) is 0 Å². The zero-order valence-corrected chi connectivity index (χ0v) is 9.71. The molecule has 1 N–H and O–H groups in total. The summed E-state index contributed by atoms with van der Waals surface area (Å²) < 4.78 is 3.00. The lowest BCUT2D eigenvalue weighted by Gasteiger charge is -2.18. The van der Waals surface area contributed by atoms with Gasteiger partial charge in [0.15, 0.2) is 0 Å². The number of rotatable bonds is 1. The largest absolute Gasteiger partial charge is 0.313 e. The second-order valence-electron chi connectivity index (χ2n) is 3.77. The minimum absolute atomic E-state index is 0.200. The van der Waals surface area contributed by atoms with Crippen LogP contribution in [0.25, 0.3) is 0 Å². The standard InChI is InChI=1S/C9H13IN2/c1-9(2,3)7-4-5-11-8(6-7)12-10/h4-6H,1-3H3,(H,11,12). The van der Waals surface area contributed by atoms with Crippen molar-refractivity contribution in [2.75, 3.05) is 3.53 Å². The molecule has 0 bridgehead atoms. The predicted octanol–water partition coefficient (Wildman–Crippen LogP) is 3.14. The number of hydrogen-bond acceptors (Lipinski definition) is 2. The summed E-state index contributed by atoms with van der Waals surface area (Å²) in [7, 11) is 0. The van der Waals surface area contributed by atoms with Crippen molar-refractivity contribution < 1.29 is 0 Å². The molecule has 0 aromatic carbocycles. The smallest absolute Gasteiger partial charge is 0.134 e. The first-order chi connectivity index (χ1) is 5.54. The molecule has 0 atom stereocenters. The number of nitrogens with one attached hydrogen (secondary N) is 1. The van der Waals surface area contributed by atoms with Crippen LogP contribution in [-0.4, -0.2) is 4.98 Å². The van der Waals surface area contributed by atoms with E-state index >= 15 is 0 Å². The van der Waals surface area contributed by atoms with Gasteiger partial charge in [-0.1, -0.05) is 20.8 Å². The van der Waals surface area contributed by atoms with Gasteiger partial charge in [0.2, 0.25) is 0 Å². The van der Waals surface area contributed by atoms with Crippen LogP contribution in [0.15, 0.2) is 18.3 Å². The molecule has 1 aromatic rings. The molecule has 0 spiro atoms. The van der Waals surface area contributed by atoms with Crippen molar-refractivity contribution in [3.63, 3.8) is 0 Å². The molecule has 0 saturated heterocycles. The second kappa shape index (κ2) is 3.60. The molecule has 0 radical (unpaired) electrons. The van der Waals surface area contributed by atoms with Crippen LogP contribution in [-0.2, 0) is 5.41 Å². The molecule has 1 heterocycles. The Bertz CT molecular complexity index is 265. The minimum atomic E-state index is 0.200. The van der Waals surface area contributed by atoms with Gasteiger partial charge in [-0.2, -0.15) is 0 Å². The van der Waals surface area contributed by atoms with Gasteiger partial charge in [0.05, 0.1) is 22.9 Å². The lowest BCUT2D eigenvalue weighted by Crippen LogP contribution is -2.11. The zero-order chi connectivity index (χ0) is 9.19. The van der Waals surface area contributed by atoms with Gasteiger partial charge in [0.1, 0.15) is 5.82 Å². The SMILES string of the molecule is CC(C)(C)c1ccnc(NI)c1. The number of hydrogen-bond donors (Lipinski definition) is 1. The van der Waals surface area contributed by atoms with Crippen LogP contribution in [0.2, 0.25) is 0 Å². The summed E-state index contributed by atoms with van der Waals surface area (Å²) in [4.78, 5) is 4.15. The summed E-state index contributed by atoms with van der Waals surface area (Å²) in [6.45, 7) is 6.58. The van der Waals surface area contributed by atoms with E-state index in [-0.39, 0.29) is 5.41 Å². The molecule has 2 nitrogen and oxygen atoms in total. The molecular weight excluding hydrogens is 263 g/mol. The highest BCUT2D eigenvalue weighted by atomic mass is 127. The Morgan fingerprint density at radius 2 is 2.08 bits per heavy atom. The first-order valence-corrected chi connectivity index (χ1v) is 4.95. The summed E-state index contributed by atoms with van der Waals surface area (Å²) in [5, 5.41) is 0. The minimum Gasteiger partial charge on any atom is -0.313 e. The molecule has 1 aromatic heterocycles. The van der Waals surface area contributed by atoms with E-state index in [1.165, 1.54) is 5.56 Å². The third-order valence-corrected chi connectivity index (χ3v) is 2.28.